The van der Waals surface area contributed by atoms with E-state index in [0.717, 1.165) is 45.6 Å². The minimum absolute atomic E-state index is 0.104. The van der Waals surface area contributed by atoms with E-state index in [9.17, 15) is 9.90 Å². The Hall–Kier alpha value is -3.03. The van der Waals surface area contributed by atoms with Crippen molar-refractivity contribution < 1.29 is 19.4 Å². The van der Waals surface area contributed by atoms with Gasteiger partial charge in [-0.3, -0.25) is 4.79 Å². The maximum Gasteiger partial charge on any atom is 0.250 e. The highest BCUT2D eigenvalue weighted by Crippen LogP contribution is 2.28. The van der Waals surface area contributed by atoms with Gasteiger partial charge in [0.05, 0.1) is 17.7 Å². The lowest BCUT2D eigenvalue weighted by Gasteiger charge is -2.17. The predicted octanol–water partition coefficient (Wildman–Crippen LogP) is 3.74. The number of aryl methyl sites for hydroxylation is 3. The van der Waals surface area contributed by atoms with Crippen LogP contribution >= 0.6 is 0 Å². The van der Waals surface area contributed by atoms with Crippen molar-refractivity contribution in [2.45, 2.75) is 53.1 Å². The molecule has 7 heteroatoms. The first-order valence-electron chi connectivity index (χ1n) is 12.0. The number of nitrogens with two attached hydrogens (primary N) is 1. The molecule has 1 atom stereocenters. The predicted molar refractivity (Wildman–Crippen MR) is 136 cm³/mol. The van der Waals surface area contributed by atoms with Crippen molar-refractivity contribution in [2.24, 2.45) is 5.73 Å². The molecule has 0 fully saturated rings. The lowest BCUT2D eigenvalue weighted by atomic mass is 10.0. The van der Waals surface area contributed by atoms with Crippen molar-refractivity contribution >= 4 is 16.8 Å². The maximum absolute atomic E-state index is 12.2. The first kappa shape index (κ1) is 25.6. The highest BCUT2D eigenvalue weighted by atomic mass is 16.5. The SMILES string of the molecule is CCOc1cc(C)ccc1OCCN[C@H](C)Cc1cc(C(N)=O)c2c(c1)cc(C)n2CCCO. The van der Waals surface area contributed by atoms with E-state index in [-0.39, 0.29) is 12.6 Å². The Morgan fingerprint density at radius 2 is 1.94 bits per heavy atom. The molecule has 34 heavy (non-hydrogen) atoms. The summed E-state index contributed by atoms with van der Waals surface area (Å²) < 4.78 is 13.7. The molecule has 0 aliphatic heterocycles. The molecule has 2 aromatic carbocycles. The highest BCUT2D eigenvalue weighted by molar-refractivity contribution is 6.05. The van der Waals surface area contributed by atoms with Gasteiger partial charge in [-0.15, -0.1) is 0 Å². The zero-order chi connectivity index (χ0) is 24.7. The smallest absolute Gasteiger partial charge is 0.250 e. The summed E-state index contributed by atoms with van der Waals surface area (Å²) in [5, 5.41) is 13.7. The summed E-state index contributed by atoms with van der Waals surface area (Å²) in [6.07, 6.45) is 1.38. The Morgan fingerprint density at radius 1 is 1.15 bits per heavy atom. The summed E-state index contributed by atoms with van der Waals surface area (Å²) >= 11 is 0. The summed E-state index contributed by atoms with van der Waals surface area (Å²) in [4.78, 5) is 12.2. The van der Waals surface area contributed by atoms with Gasteiger partial charge in [0.25, 0.3) is 5.91 Å². The molecule has 4 N–H and O–H groups in total. The minimum atomic E-state index is -0.438. The van der Waals surface area contributed by atoms with Crippen molar-refractivity contribution in [3.05, 3.63) is 58.8 Å². The normalized spacial score (nSPS) is 12.1. The van der Waals surface area contributed by atoms with E-state index in [2.05, 4.69) is 28.9 Å². The number of nitrogens with zero attached hydrogens (tertiary/aromatic N) is 1. The average molecular weight is 468 g/mol. The topological polar surface area (TPSA) is 98.7 Å². The number of nitrogens with one attached hydrogen (secondary N) is 1. The Kier molecular flexibility index (Phi) is 8.96. The van der Waals surface area contributed by atoms with Crippen molar-refractivity contribution in [3.8, 4) is 11.5 Å². The van der Waals surface area contributed by atoms with Crippen molar-refractivity contribution in [2.75, 3.05) is 26.4 Å². The van der Waals surface area contributed by atoms with Crippen LogP contribution < -0.4 is 20.5 Å². The summed E-state index contributed by atoms with van der Waals surface area (Å²) in [6, 6.07) is 12.2. The van der Waals surface area contributed by atoms with E-state index in [4.69, 9.17) is 15.2 Å². The first-order chi connectivity index (χ1) is 16.3. The molecule has 0 saturated heterocycles. The number of amides is 1. The molecule has 0 unspecified atom stereocenters. The number of ether oxygens (including phenoxy) is 2. The van der Waals surface area contributed by atoms with Gasteiger partial charge in [0.15, 0.2) is 11.5 Å². The van der Waals surface area contributed by atoms with Crippen LogP contribution in [0, 0.1) is 13.8 Å². The molecule has 0 aliphatic rings. The number of aliphatic hydroxyl groups is 1. The van der Waals surface area contributed by atoms with Crippen LogP contribution in [0.3, 0.4) is 0 Å². The lowest BCUT2D eigenvalue weighted by Crippen LogP contribution is -2.32. The summed E-state index contributed by atoms with van der Waals surface area (Å²) in [6.45, 7) is 10.7. The molecule has 1 aromatic heterocycles. The third kappa shape index (κ3) is 6.30. The van der Waals surface area contributed by atoms with E-state index < -0.39 is 5.91 Å². The second kappa shape index (κ2) is 11.9. The number of benzene rings is 2. The van der Waals surface area contributed by atoms with Gasteiger partial charge < -0.3 is 30.2 Å². The van der Waals surface area contributed by atoms with E-state index >= 15 is 0 Å². The van der Waals surface area contributed by atoms with E-state index in [1.165, 1.54) is 0 Å². The Balaban J connectivity index is 1.63. The van der Waals surface area contributed by atoms with Crippen molar-refractivity contribution in [1.29, 1.82) is 0 Å². The molecular weight excluding hydrogens is 430 g/mol. The van der Waals surface area contributed by atoms with Crippen LogP contribution in [0.4, 0.5) is 0 Å². The second-order valence-electron chi connectivity index (χ2n) is 8.75. The van der Waals surface area contributed by atoms with Crippen molar-refractivity contribution in [1.82, 2.24) is 9.88 Å². The Morgan fingerprint density at radius 3 is 2.65 bits per heavy atom. The van der Waals surface area contributed by atoms with E-state index in [0.29, 0.717) is 38.3 Å². The minimum Gasteiger partial charge on any atom is -0.490 e. The molecular formula is C27H37N3O4. The highest BCUT2D eigenvalue weighted by Gasteiger charge is 2.16. The average Bonchev–Trinajstić information content (AvgIpc) is 3.10. The van der Waals surface area contributed by atoms with Crippen LogP contribution in [0.1, 0.15) is 47.4 Å². The monoisotopic (exact) mass is 467 g/mol. The van der Waals surface area contributed by atoms with Gasteiger partial charge >= 0.3 is 0 Å². The van der Waals surface area contributed by atoms with Gasteiger partial charge in [-0.25, -0.2) is 0 Å². The molecule has 0 radical (unpaired) electrons. The van der Waals surface area contributed by atoms with Gasteiger partial charge in [-0.1, -0.05) is 6.07 Å². The third-order valence-corrected chi connectivity index (χ3v) is 5.86. The van der Waals surface area contributed by atoms with Crippen LogP contribution in [0.25, 0.3) is 10.9 Å². The fourth-order valence-electron chi connectivity index (χ4n) is 4.33. The number of fused-ring (bicyclic) bond motifs is 1. The van der Waals surface area contributed by atoms with Crippen LogP contribution in [-0.4, -0.2) is 48.0 Å². The van der Waals surface area contributed by atoms with Gasteiger partial charge in [0.1, 0.15) is 6.61 Å². The van der Waals surface area contributed by atoms with Crippen LogP contribution in [-0.2, 0) is 13.0 Å². The molecule has 0 saturated carbocycles. The molecule has 7 nitrogen and oxygen atoms in total. The van der Waals surface area contributed by atoms with Gasteiger partial charge in [0.2, 0.25) is 0 Å². The Labute approximate surface area is 201 Å². The summed E-state index contributed by atoms with van der Waals surface area (Å²) in [5.74, 6) is 1.08. The molecule has 3 aromatic rings. The number of aromatic nitrogens is 1. The lowest BCUT2D eigenvalue weighted by molar-refractivity contribution is 0.100. The van der Waals surface area contributed by atoms with Crippen LogP contribution in [0.5, 0.6) is 11.5 Å². The Bertz CT molecular complexity index is 1120. The number of hydrogen-bond donors (Lipinski definition) is 3. The number of hydrogen-bond acceptors (Lipinski definition) is 5. The largest absolute Gasteiger partial charge is 0.490 e. The van der Waals surface area contributed by atoms with Crippen molar-refractivity contribution in [3.63, 3.8) is 0 Å². The maximum atomic E-state index is 12.2. The van der Waals surface area contributed by atoms with Gasteiger partial charge in [-0.2, -0.15) is 0 Å². The van der Waals surface area contributed by atoms with E-state index in [1.807, 2.05) is 45.0 Å². The van der Waals surface area contributed by atoms with Gasteiger partial charge in [0, 0.05) is 36.8 Å². The van der Waals surface area contributed by atoms with Crippen LogP contribution in [0.15, 0.2) is 36.4 Å². The summed E-state index contributed by atoms with van der Waals surface area (Å²) in [7, 11) is 0. The van der Waals surface area contributed by atoms with Crippen LogP contribution in [0.2, 0.25) is 0 Å². The molecule has 184 valence electrons. The molecule has 1 heterocycles. The standard InChI is InChI=1S/C27H37N3O4/c1-5-33-25-13-18(2)7-8-24(25)34-12-9-29-19(3)14-21-16-22-15-20(4)30(10-6-11-31)26(22)23(17-21)27(28)32/h7-8,13,15-17,19,29,31H,5-6,9-12,14H2,1-4H3,(H2,28,32)/t19-/m1/s1. The first-order valence-corrected chi connectivity index (χ1v) is 12.0. The fraction of sp³-hybridized carbons (Fsp3) is 0.444. The fourth-order valence-corrected chi connectivity index (χ4v) is 4.33. The third-order valence-electron chi connectivity index (χ3n) is 5.86. The number of primary amides is 1. The number of aliphatic hydroxyl groups excluding tert-OH is 1. The van der Waals surface area contributed by atoms with Gasteiger partial charge in [-0.05, 0) is 82.0 Å². The molecule has 0 spiro atoms. The zero-order valence-corrected chi connectivity index (χ0v) is 20.7. The summed E-state index contributed by atoms with van der Waals surface area (Å²) in [5.41, 5.74) is 10.3. The molecule has 3 rings (SSSR count). The quantitative estimate of drug-likeness (QED) is 0.333. The molecule has 0 bridgehead atoms. The molecule has 0 aliphatic carbocycles. The molecule has 1 amide bonds. The number of carbonyl (C=O) groups is 1. The van der Waals surface area contributed by atoms with E-state index in [1.54, 1.807) is 0 Å². The number of carbonyl (C=O) groups excluding carboxylic acids is 1. The second-order valence-corrected chi connectivity index (χ2v) is 8.75. The zero-order valence-electron chi connectivity index (χ0n) is 20.7. The number of rotatable bonds is 13.